The molecule has 0 fully saturated rings. The van der Waals surface area contributed by atoms with Crippen molar-refractivity contribution in [2.45, 2.75) is 26.9 Å². The van der Waals surface area contributed by atoms with Crippen molar-refractivity contribution in [3.63, 3.8) is 0 Å². The molecular weight excluding hydrogens is 210 g/mol. The first kappa shape index (κ1) is 11.9. The van der Waals surface area contributed by atoms with E-state index >= 15 is 0 Å². The molecule has 90 valence electrons. The molecule has 1 aromatic heterocycles. The first-order chi connectivity index (χ1) is 8.29. The minimum atomic E-state index is 0.845. The van der Waals surface area contributed by atoms with Crippen molar-refractivity contribution in [3.05, 3.63) is 53.6 Å². The Labute approximate surface area is 103 Å². The lowest BCUT2D eigenvalue weighted by Gasteiger charge is -2.05. The number of nitrogens with one attached hydrogen (secondary N) is 1. The van der Waals surface area contributed by atoms with Crippen LogP contribution in [0.25, 0.3) is 0 Å². The van der Waals surface area contributed by atoms with Gasteiger partial charge in [-0.2, -0.15) is 0 Å². The highest BCUT2D eigenvalue weighted by atomic mass is 15.0. The molecule has 0 unspecified atom stereocenters. The molecule has 2 rings (SSSR count). The molecule has 0 aliphatic carbocycles. The first-order valence-corrected chi connectivity index (χ1v) is 6.05. The fourth-order valence-corrected chi connectivity index (χ4v) is 1.82. The third kappa shape index (κ3) is 3.17. The van der Waals surface area contributed by atoms with Crippen LogP contribution < -0.4 is 5.32 Å². The second kappa shape index (κ2) is 5.64. The molecule has 1 heterocycles. The third-order valence-electron chi connectivity index (χ3n) is 2.86. The van der Waals surface area contributed by atoms with E-state index in [0.29, 0.717) is 0 Å². The molecule has 0 bridgehead atoms. The van der Waals surface area contributed by atoms with E-state index in [-0.39, 0.29) is 0 Å². The zero-order valence-corrected chi connectivity index (χ0v) is 10.5. The number of aryl methyl sites for hydroxylation is 1. The molecule has 0 amide bonds. The Kier molecular flexibility index (Phi) is 3.94. The van der Waals surface area contributed by atoms with Gasteiger partial charge in [-0.15, -0.1) is 0 Å². The summed E-state index contributed by atoms with van der Waals surface area (Å²) in [6.07, 6.45) is 4.01. The van der Waals surface area contributed by atoms with Crippen LogP contribution in [0, 0.1) is 6.92 Å². The van der Waals surface area contributed by atoms with Gasteiger partial charge in [0.1, 0.15) is 0 Å². The Hall–Kier alpha value is -1.61. The molecule has 3 heteroatoms. The van der Waals surface area contributed by atoms with E-state index in [2.05, 4.69) is 59.2 Å². The van der Waals surface area contributed by atoms with Crippen molar-refractivity contribution in [1.82, 2.24) is 14.9 Å². The standard InChI is InChI=1S/C14H19N3/c1-3-15-8-14-10-17(11-16-14)9-13-7-5-4-6-12(13)2/h4-7,10-11,15H,3,8-9H2,1-2H3. The average Bonchev–Trinajstić information content (AvgIpc) is 2.77. The SMILES string of the molecule is CCNCc1cn(Cc2ccccc2C)cn1. The summed E-state index contributed by atoms with van der Waals surface area (Å²) in [7, 11) is 0. The van der Waals surface area contributed by atoms with Gasteiger partial charge in [0.25, 0.3) is 0 Å². The molecule has 3 nitrogen and oxygen atoms in total. The molecule has 0 spiro atoms. The summed E-state index contributed by atoms with van der Waals surface area (Å²) in [5.74, 6) is 0. The monoisotopic (exact) mass is 229 g/mol. The van der Waals surface area contributed by atoms with Gasteiger partial charge in [-0.1, -0.05) is 31.2 Å². The lowest BCUT2D eigenvalue weighted by Crippen LogP contribution is -2.11. The lowest BCUT2D eigenvalue weighted by molar-refractivity contribution is 0.712. The van der Waals surface area contributed by atoms with Gasteiger partial charge in [0.2, 0.25) is 0 Å². The highest BCUT2D eigenvalue weighted by molar-refractivity contribution is 5.25. The van der Waals surface area contributed by atoms with E-state index in [1.54, 1.807) is 0 Å². The number of benzene rings is 1. The van der Waals surface area contributed by atoms with Crippen molar-refractivity contribution < 1.29 is 0 Å². The van der Waals surface area contributed by atoms with Crippen LogP contribution in [0.1, 0.15) is 23.7 Å². The summed E-state index contributed by atoms with van der Waals surface area (Å²) in [6.45, 7) is 6.96. The average molecular weight is 229 g/mol. The molecular formula is C14H19N3. The Bertz CT molecular complexity index is 474. The van der Waals surface area contributed by atoms with E-state index in [0.717, 1.165) is 25.3 Å². The van der Waals surface area contributed by atoms with Crippen LogP contribution in [0.4, 0.5) is 0 Å². The maximum Gasteiger partial charge on any atom is 0.0953 e. The summed E-state index contributed by atoms with van der Waals surface area (Å²) in [5, 5.41) is 3.28. The molecule has 0 atom stereocenters. The van der Waals surface area contributed by atoms with Gasteiger partial charge in [0.15, 0.2) is 0 Å². The first-order valence-electron chi connectivity index (χ1n) is 6.05. The Balaban J connectivity index is 2.04. The zero-order valence-electron chi connectivity index (χ0n) is 10.5. The summed E-state index contributed by atoms with van der Waals surface area (Å²) in [6, 6.07) is 8.47. The van der Waals surface area contributed by atoms with Gasteiger partial charge >= 0.3 is 0 Å². The lowest BCUT2D eigenvalue weighted by atomic mass is 10.1. The van der Waals surface area contributed by atoms with E-state index in [1.165, 1.54) is 11.1 Å². The summed E-state index contributed by atoms with van der Waals surface area (Å²) < 4.78 is 2.13. The topological polar surface area (TPSA) is 29.9 Å². The maximum absolute atomic E-state index is 4.38. The molecule has 2 aromatic rings. The zero-order chi connectivity index (χ0) is 12.1. The van der Waals surface area contributed by atoms with Crippen molar-refractivity contribution in [3.8, 4) is 0 Å². The predicted octanol–water partition coefficient (Wildman–Crippen LogP) is 2.35. The molecule has 0 radical (unpaired) electrons. The highest BCUT2D eigenvalue weighted by Gasteiger charge is 2.01. The second-order valence-electron chi connectivity index (χ2n) is 4.24. The minimum Gasteiger partial charge on any atom is -0.333 e. The molecule has 0 saturated carbocycles. The summed E-state index contributed by atoms with van der Waals surface area (Å²) >= 11 is 0. The molecule has 0 saturated heterocycles. The largest absolute Gasteiger partial charge is 0.333 e. The van der Waals surface area contributed by atoms with Crippen LogP contribution in [0.15, 0.2) is 36.8 Å². The normalized spacial score (nSPS) is 10.7. The molecule has 17 heavy (non-hydrogen) atoms. The number of rotatable bonds is 5. The van der Waals surface area contributed by atoms with Crippen LogP contribution in [-0.2, 0) is 13.1 Å². The van der Waals surface area contributed by atoms with Gasteiger partial charge in [0.05, 0.1) is 12.0 Å². The van der Waals surface area contributed by atoms with Crippen molar-refractivity contribution >= 4 is 0 Å². The van der Waals surface area contributed by atoms with Crippen LogP contribution in [0.5, 0.6) is 0 Å². The van der Waals surface area contributed by atoms with Crippen LogP contribution in [0.2, 0.25) is 0 Å². The van der Waals surface area contributed by atoms with Crippen molar-refractivity contribution in [2.75, 3.05) is 6.54 Å². The van der Waals surface area contributed by atoms with Gasteiger partial charge in [-0.25, -0.2) is 4.98 Å². The van der Waals surface area contributed by atoms with Crippen LogP contribution >= 0.6 is 0 Å². The number of imidazole rings is 1. The maximum atomic E-state index is 4.38. The highest BCUT2D eigenvalue weighted by Crippen LogP contribution is 2.09. The summed E-state index contributed by atoms with van der Waals surface area (Å²) in [5.41, 5.74) is 3.77. The number of hydrogen-bond acceptors (Lipinski definition) is 2. The Morgan fingerprint density at radius 3 is 2.88 bits per heavy atom. The van der Waals surface area contributed by atoms with Gasteiger partial charge in [-0.05, 0) is 24.6 Å². The Morgan fingerprint density at radius 2 is 2.12 bits per heavy atom. The number of nitrogens with zero attached hydrogens (tertiary/aromatic N) is 2. The van der Waals surface area contributed by atoms with Crippen LogP contribution in [0.3, 0.4) is 0 Å². The predicted molar refractivity (Wildman–Crippen MR) is 69.9 cm³/mol. The third-order valence-corrected chi connectivity index (χ3v) is 2.86. The van der Waals surface area contributed by atoms with E-state index in [1.807, 2.05) is 6.33 Å². The minimum absolute atomic E-state index is 0.845. The molecule has 0 aliphatic heterocycles. The van der Waals surface area contributed by atoms with Crippen molar-refractivity contribution in [2.24, 2.45) is 0 Å². The fraction of sp³-hybridized carbons (Fsp3) is 0.357. The van der Waals surface area contributed by atoms with Gasteiger partial charge < -0.3 is 9.88 Å². The van der Waals surface area contributed by atoms with Crippen molar-refractivity contribution in [1.29, 1.82) is 0 Å². The van der Waals surface area contributed by atoms with Gasteiger partial charge in [-0.3, -0.25) is 0 Å². The van der Waals surface area contributed by atoms with Crippen LogP contribution in [-0.4, -0.2) is 16.1 Å². The van der Waals surface area contributed by atoms with Gasteiger partial charge in [0, 0.05) is 19.3 Å². The van der Waals surface area contributed by atoms with E-state index < -0.39 is 0 Å². The number of aromatic nitrogens is 2. The molecule has 1 aromatic carbocycles. The number of hydrogen-bond donors (Lipinski definition) is 1. The quantitative estimate of drug-likeness (QED) is 0.853. The van der Waals surface area contributed by atoms with E-state index in [4.69, 9.17) is 0 Å². The molecule has 1 N–H and O–H groups in total. The second-order valence-corrected chi connectivity index (χ2v) is 4.24. The smallest absolute Gasteiger partial charge is 0.0953 e. The van der Waals surface area contributed by atoms with E-state index in [9.17, 15) is 0 Å². The summed E-state index contributed by atoms with van der Waals surface area (Å²) in [4.78, 5) is 4.38. The Morgan fingerprint density at radius 1 is 1.29 bits per heavy atom. The fourth-order valence-electron chi connectivity index (χ4n) is 1.82. The molecule has 0 aliphatic rings.